The summed E-state index contributed by atoms with van der Waals surface area (Å²) in [4.78, 5) is 0. The molecule has 0 amide bonds. The molecular weight excluding hydrogens is 262 g/mol. The maximum Gasteiger partial charge on any atom is 0.0391 e. The van der Waals surface area contributed by atoms with Gasteiger partial charge in [0, 0.05) is 31.6 Å². The van der Waals surface area contributed by atoms with Crippen molar-refractivity contribution in [3.8, 4) is 0 Å². The fourth-order valence-electron chi connectivity index (χ4n) is 2.29. The first-order chi connectivity index (χ1) is 9.78. The number of rotatable bonds is 4. The van der Waals surface area contributed by atoms with Crippen LogP contribution >= 0.6 is 11.3 Å². The van der Waals surface area contributed by atoms with Gasteiger partial charge in [0.25, 0.3) is 0 Å². The van der Waals surface area contributed by atoms with E-state index in [4.69, 9.17) is 0 Å². The smallest absolute Gasteiger partial charge is 0.0391 e. The summed E-state index contributed by atoms with van der Waals surface area (Å²) in [6.07, 6.45) is 5.15. The third kappa shape index (κ3) is 2.47. The predicted octanol–water partition coefficient (Wildman–Crippen LogP) is 5.95. The number of fused-ring (bicyclic) bond motifs is 3. The molecular formula is C18H17NS. The van der Waals surface area contributed by atoms with Crippen molar-refractivity contribution in [3.05, 3.63) is 66.9 Å². The number of allylic oxidation sites excluding steroid dienone is 2. The Kier molecular flexibility index (Phi) is 3.57. The van der Waals surface area contributed by atoms with Gasteiger partial charge in [0.15, 0.2) is 0 Å². The van der Waals surface area contributed by atoms with Crippen molar-refractivity contribution in [3.63, 3.8) is 0 Å². The number of hydrogen-bond donors (Lipinski definition) is 1. The van der Waals surface area contributed by atoms with Crippen LogP contribution in [0.25, 0.3) is 20.2 Å². The summed E-state index contributed by atoms with van der Waals surface area (Å²) in [6, 6.07) is 15.0. The highest BCUT2D eigenvalue weighted by Gasteiger charge is 2.05. The first-order valence-electron chi connectivity index (χ1n) is 6.81. The molecule has 2 aromatic carbocycles. The van der Waals surface area contributed by atoms with E-state index in [-0.39, 0.29) is 0 Å². The second-order valence-electron chi connectivity index (χ2n) is 4.77. The molecule has 0 unspecified atom stereocenters. The Labute approximate surface area is 123 Å². The van der Waals surface area contributed by atoms with Crippen molar-refractivity contribution >= 4 is 37.2 Å². The van der Waals surface area contributed by atoms with Gasteiger partial charge in [-0.05, 0) is 36.8 Å². The topological polar surface area (TPSA) is 12.0 Å². The van der Waals surface area contributed by atoms with Crippen molar-refractivity contribution in [2.75, 3.05) is 5.32 Å². The molecule has 0 radical (unpaired) electrons. The molecule has 0 aliphatic carbocycles. The van der Waals surface area contributed by atoms with Gasteiger partial charge in [0.1, 0.15) is 0 Å². The van der Waals surface area contributed by atoms with E-state index in [1.165, 1.54) is 20.2 Å². The zero-order valence-electron chi connectivity index (χ0n) is 11.5. The quantitative estimate of drug-likeness (QED) is 0.582. The first-order valence-corrected chi connectivity index (χ1v) is 7.63. The van der Waals surface area contributed by atoms with Crippen LogP contribution in [0.15, 0.2) is 66.9 Å². The molecule has 0 aliphatic heterocycles. The highest BCUT2D eigenvalue weighted by Crippen LogP contribution is 2.35. The van der Waals surface area contributed by atoms with Crippen LogP contribution in [0, 0.1) is 0 Å². The SMILES string of the molecule is C=C(/C=C\CC)Nc1ccc2sc3ccccc3c2c1. The number of benzene rings is 2. The lowest BCUT2D eigenvalue weighted by molar-refractivity contribution is 1.22. The first kappa shape index (κ1) is 12.9. The van der Waals surface area contributed by atoms with E-state index in [0.29, 0.717) is 0 Å². The molecule has 0 bridgehead atoms. The Morgan fingerprint density at radius 2 is 1.95 bits per heavy atom. The zero-order chi connectivity index (χ0) is 13.9. The normalized spacial score (nSPS) is 11.4. The Morgan fingerprint density at radius 1 is 1.15 bits per heavy atom. The minimum atomic E-state index is 0.922. The molecule has 0 fully saturated rings. The average Bonchev–Trinajstić information content (AvgIpc) is 2.83. The fraction of sp³-hybridized carbons (Fsp3) is 0.111. The van der Waals surface area contributed by atoms with Gasteiger partial charge in [-0.2, -0.15) is 0 Å². The summed E-state index contributed by atoms with van der Waals surface area (Å²) in [5.41, 5.74) is 2.01. The summed E-state index contributed by atoms with van der Waals surface area (Å²) in [7, 11) is 0. The third-order valence-corrected chi connectivity index (χ3v) is 4.39. The zero-order valence-corrected chi connectivity index (χ0v) is 12.3. The summed E-state index contributed by atoms with van der Waals surface area (Å²) in [5, 5.41) is 5.98. The second-order valence-corrected chi connectivity index (χ2v) is 5.85. The van der Waals surface area contributed by atoms with Crippen LogP contribution in [0.1, 0.15) is 13.3 Å². The molecule has 1 heterocycles. The Morgan fingerprint density at radius 3 is 2.80 bits per heavy atom. The molecule has 0 saturated carbocycles. The molecule has 0 spiro atoms. The molecule has 1 nitrogen and oxygen atoms in total. The van der Waals surface area contributed by atoms with Crippen LogP contribution in [0.5, 0.6) is 0 Å². The van der Waals surface area contributed by atoms with Crippen molar-refractivity contribution in [1.82, 2.24) is 0 Å². The van der Waals surface area contributed by atoms with Crippen LogP contribution in [0.4, 0.5) is 5.69 Å². The number of hydrogen-bond acceptors (Lipinski definition) is 2. The average molecular weight is 279 g/mol. The van der Waals surface area contributed by atoms with E-state index in [1.54, 1.807) is 0 Å². The molecule has 3 aromatic rings. The van der Waals surface area contributed by atoms with Crippen LogP contribution in [-0.4, -0.2) is 0 Å². The van der Waals surface area contributed by atoms with Gasteiger partial charge in [0.05, 0.1) is 0 Å². The molecule has 2 heteroatoms. The largest absolute Gasteiger partial charge is 0.356 e. The van der Waals surface area contributed by atoms with Gasteiger partial charge in [-0.25, -0.2) is 0 Å². The van der Waals surface area contributed by atoms with Gasteiger partial charge in [-0.1, -0.05) is 37.8 Å². The highest BCUT2D eigenvalue weighted by molar-refractivity contribution is 7.25. The van der Waals surface area contributed by atoms with Crippen molar-refractivity contribution in [1.29, 1.82) is 0 Å². The van der Waals surface area contributed by atoms with Gasteiger partial charge in [-0.15, -0.1) is 11.3 Å². The van der Waals surface area contributed by atoms with E-state index in [1.807, 2.05) is 17.4 Å². The minimum Gasteiger partial charge on any atom is -0.356 e. The van der Waals surface area contributed by atoms with Crippen molar-refractivity contribution in [2.24, 2.45) is 0 Å². The summed E-state index contributed by atoms with van der Waals surface area (Å²) in [6.45, 7) is 6.14. The van der Waals surface area contributed by atoms with Gasteiger partial charge in [-0.3, -0.25) is 0 Å². The monoisotopic (exact) mass is 279 g/mol. The molecule has 0 atom stereocenters. The Bertz CT molecular complexity index is 795. The van der Waals surface area contributed by atoms with E-state index in [9.17, 15) is 0 Å². The van der Waals surface area contributed by atoms with Crippen LogP contribution < -0.4 is 5.32 Å². The number of nitrogens with one attached hydrogen (secondary N) is 1. The number of anilines is 1. The van der Waals surface area contributed by atoms with Crippen LogP contribution in [-0.2, 0) is 0 Å². The van der Waals surface area contributed by atoms with E-state index in [0.717, 1.165) is 17.8 Å². The molecule has 1 aromatic heterocycles. The van der Waals surface area contributed by atoms with E-state index < -0.39 is 0 Å². The maximum absolute atomic E-state index is 4.02. The maximum atomic E-state index is 4.02. The fourth-order valence-corrected chi connectivity index (χ4v) is 3.38. The molecule has 3 rings (SSSR count). The van der Waals surface area contributed by atoms with Crippen LogP contribution in [0.3, 0.4) is 0 Å². The van der Waals surface area contributed by atoms with Gasteiger partial charge >= 0.3 is 0 Å². The molecule has 0 saturated heterocycles. The number of thiophene rings is 1. The predicted molar refractivity (Wildman–Crippen MR) is 91.5 cm³/mol. The lowest BCUT2D eigenvalue weighted by Crippen LogP contribution is -1.94. The standard InChI is InChI=1S/C18H17NS/c1-3-4-7-13(2)19-14-10-11-18-16(12-14)15-8-5-6-9-17(15)20-18/h4-12,19H,2-3H2,1H3/b7-4-. The van der Waals surface area contributed by atoms with E-state index >= 15 is 0 Å². The van der Waals surface area contributed by atoms with Crippen molar-refractivity contribution < 1.29 is 0 Å². The Hall–Kier alpha value is -2.06. The molecule has 100 valence electrons. The third-order valence-electron chi connectivity index (χ3n) is 3.24. The minimum absolute atomic E-state index is 0.922. The molecule has 0 aliphatic rings. The molecule has 20 heavy (non-hydrogen) atoms. The second kappa shape index (κ2) is 5.51. The summed E-state index contributed by atoms with van der Waals surface area (Å²) < 4.78 is 2.66. The van der Waals surface area contributed by atoms with Crippen molar-refractivity contribution in [2.45, 2.75) is 13.3 Å². The van der Waals surface area contributed by atoms with Crippen LogP contribution in [0.2, 0.25) is 0 Å². The highest BCUT2D eigenvalue weighted by atomic mass is 32.1. The lowest BCUT2D eigenvalue weighted by atomic mass is 10.1. The molecule has 1 N–H and O–H groups in total. The lowest BCUT2D eigenvalue weighted by Gasteiger charge is -2.06. The van der Waals surface area contributed by atoms with E-state index in [2.05, 4.69) is 67.4 Å². The Balaban J connectivity index is 1.99. The van der Waals surface area contributed by atoms with Gasteiger partial charge in [0.2, 0.25) is 0 Å². The van der Waals surface area contributed by atoms with Gasteiger partial charge < -0.3 is 5.32 Å². The summed E-state index contributed by atoms with van der Waals surface area (Å²) in [5.74, 6) is 0. The summed E-state index contributed by atoms with van der Waals surface area (Å²) >= 11 is 1.84.